The third-order valence-corrected chi connectivity index (χ3v) is 5.00. The lowest BCUT2D eigenvalue weighted by molar-refractivity contribution is -0.126. The minimum Gasteiger partial charge on any atom is -0.380 e. The summed E-state index contributed by atoms with van der Waals surface area (Å²) in [5.41, 5.74) is -0.759. The van der Waals surface area contributed by atoms with Gasteiger partial charge in [0.2, 0.25) is 0 Å². The number of hydrogen-bond donors (Lipinski definition) is 2. The van der Waals surface area contributed by atoms with Gasteiger partial charge in [0.25, 0.3) is 5.91 Å². The first-order valence-electron chi connectivity index (χ1n) is 8.01. The average Bonchev–Trinajstić information content (AvgIpc) is 3.23. The van der Waals surface area contributed by atoms with Gasteiger partial charge in [0.1, 0.15) is 5.54 Å². The Bertz CT molecular complexity index is 424. The number of nitrogens with one attached hydrogen (secondary N) is 2. The van der Waals surface area contributed by atoms with E-state index in [1.165, 1.54) is 12.8 Å². The van der Waals surface area contributed by atoms with E-state index in [1.807, 2.05) is 6.92 Å². The molecule has 0 spiro atoms. The lowest BCUT2D eigenvalue weighted by Crippen LogP contribution is -2.56. The van der Waals surface area contributed by atoms with Crippen molar-refractivity contribution >= 4 is 11.9 Å². The molecule has 2 N–H and O–H groups in total. The van der Waals surface area contributed by atoms with Gasteiger partial charge in [-0.05, 0) is 45.1 Å². The van der Waals surface area contributed by atoms with Gasteiger partial charge in [-0.15, -0.1) is 0 Å². The Labute approximate surface area is 125 Å². The molecule has 0 radical (unpaired) electrons. The van der Waals surface area contributed by atoms with Crippen LogP contribution < -0.4 is 10.6 Å². The summed E-state index contributed by atoms with van der Waals surface area (Å²) in [5.74, 6) is 0.779. The summed E-state index contributed by atoms with van der Waals surface area (Å²) in [6, 6.07) is -0.368. The van der Waals surface area contributed by atoms with Gasteiger partial charge in [-0.1, -0.05) is 0 Å². The van der Waals surface area contributed by atoms with E-state index in [0.717, 1.165) is 51.6 Å². The molecule has 21 heavy (non-hydrogen) atoms. The fraction of sp³-hybridized carbons (Fsp3) is 0.867. The van der Waals surface area contributed by atoms with Gasteiger partial charge in [0.05, 0.1) is 6.61 Å². The van der Waals surface area contributed by atoms with Crippen LogP contribution in [0.15, 0.2) is 0 Å². The molecule has 2 heterocycles. The second kappa shape index (κ2) is 5.93. The molecule has 0 aromatic rings. The SMILES string of the molecule is C[C@@]1([C@@H]2CCCN(CCOCC3CC3)C2)NC(=O)NC1=O. The number of carbonyl (C=O) groups is 2. The van der Waals surface area contributed by atoms with Gasteiger partial charge >= 0.3 is 6.03 Å². The number of imide groups is 1. The smallest absolute Gasteiger partial charge is 0.322 e. The predicted octanol–water partition coefficient (Wildman–Crippen LogP) is 0.723. The molecule has 118 valence electrons. The summed E-state index contributed by atoms with van der Waals surface area (Å²) in [4.78, 5) is 25.8. The highest BCUT2D eigenvalue weighted by atomic mass is 16.5. The summed E-state index contributed by atoms with van der Waals surface area (Å²) in [5, 5.41) is 5.16. The second-order valence-corrected chi connectivity index (χ2v) is 6.77. The number of piperidine rings is 1. The Kier molecular flexibility index (Phi) is 4.17. The fourth-order valence-corrected chi connectivity index (χ4v) is 3.30. The Morgan fingerprint density at radius 2 is 2.14 bits per heavy atom. The molecule has 2 atom stereocenters. The molecule has 2 saturated heterocycles. The van der Waals surface area contributed by atoms with E-state index in [0.29, 0.717) is 0 Å². The molecule has 1 saturated carbocycles. The number of ether oxygens (including phenoxy) is 1. The number of rotatable bonds is 6. The normalized spacial score (nSPS) is 33.9. The molecule has 3 aliphatic rings. The van der Waals surface area contributed by atoms with Crippen molar-refractivity contribution in [2.45, 2.75) is 38.1 Å². The number of likely N-dealkylation sites (tertiary alicyclic amines) is 1. The molecule has 0 aromatic heterocycles. The van der Waals surface area contributed by atoms with E-state index in [4.69, 9.17) is 4.74 Å². The third-order valence-electron chi connectivity index (χ3n) is 5.00. The van der Waals surface area contributed by atoms with Crippen LogP contribution in [-0.4, -0.2) is 55.2 Å². The summed E-state index contributed by atoms with van der Waals surface area (Å²) < 4.78 is 5.69. The van der Waals surface area contributed by atoms with Crippen LogP contribution in [-0.2, 0) is 9.53 Å². The molecule has 3 rings (SSSR count). The monoisotopic (exact) mass is 295 g/mol. The standard InChI is InChI=1S/C15H25N3O3/c1-15(13(19)16-14(20)17-15)12-3-2-6-18(9-12)7-8-21-10-11-4-5-11/h11-12H,2-10H2,1H3,(H2,16,17,19,20)/t12-,15+/m1/s1. The van der Waals surface area contributed by atoms with Crippen molar-refractivity contribution in [3.8, 4) is 0 Å². The van der Waals surface area contributed by atoms with E-state index >= 15 is 0 Å². The van der Waals surface area contributed by atoms with Crippen molar-refractivity contribution in [1.29, 1.82) is 0 Å². The van der Waals surface area contributed by atoms with Crippen LogP contribution in [0, 0.1) is 11.8 Å². The second-order valence-electron chi connectivity index (χ2n) is 6.77. The van der Waals surface area contributed by atoms with Crippen LogP contribution in [0.25, 0.3) is 0 Å². The molecule has 6 heteroatoms. The molecule has 0 unspecified atom stereocenters. The first-order valence-corrected chi connectivity index (χ1v) is 8.01. The van der Waals surface area contributed by atoms with E-state index < -0.39 is 5.54 Å². The summed E-state index contributed by atoms with van der Waals surface area (Å²) >= 11 is 0. The largest absolute Gasteiger partial charge is 0.380 e. The van der Waals surface area contributed by atoms with Crippen LogP contribution in [0.5, 0.6) is 0 Å². The molecule has 3 amide bonds. The van der Waals surface area contributed by atoms with Crippen LogP contribution in [0.2, 0.25) is 0 Å². The average molecular weight is 295 g/mol. The first kappa shape index (κ1) is 14.8. The molecule has 3 fully saturated rings. The van der Waals surface area contributed by atoms with Crippen LogP contribution >= 0.6 is 0 Å². The summed E-state index contributed by atoms with van der Waals surface area (Å²) in [6.07, 6.45) is 4.67. The highest BCUT2D eigenvalue weighted by Crippen LogP contribution is 2.30. The zero-order valence-electron chi connectivity index (χ0n) is 12.7. The van der Waals surface area contributed by atoms with Gasteiger partial charge < -0.3 is 15.0 Å². The maximum atomic E-state index is 12.0. The lowest BCUT2D eigenvalue weighted by atomic mass is 9.80. The molecular weight excluding hydrogens is 270 g/mol. The highest BCUT2D eigenvalue weighted by molar-refractivity contribution is 6.06. The Morgan fingerprint density at radius 3 is 2.81 bits per heavy atom. The van der Waals surface area contributed by atoms with E-state index in [2.05, 4.69) is 15.5 Å². The van der Waals surface area contributed by atoms with Crippen molar-refractivity contribution in [3.05, 3.63) is 0 Å². The van der Waals surface area contributed by atoms with Gasteiger partial charge in [-0.25, -0.2) is 4.79 Å². The van der Waals surface area contributed by atoms with Crippen LogP contribution in [0.1, 0.15) is 32.6 Å². The molecule has 0 aromatic carbocycles. The Balaban J connectivity index is 1.48. The Morgan fingerprint density at radius 1 is 1.33 bits per heavy atom. The van der Waals surface area contributed by atoms with Gasteiger partial charge in [0, 0.05) is 25.6 Å². The van der Waals surface area contributed by atoms with E-state index in [9.17, 15) is 9.59 Å². The van der Waals surface area contributed by atoms with Crippen LogP contribution in [0.4, 0.5) is 4.79 Å². The number of nitrogens with zero attached hydrogens (tertiary/aromatic N) is 1. The maximum absolute atomic E-state index is 12.0. The van der Waals surface area contributed by atoms with Gasteiger partial charge in [0.15, 0.2) is 0 Å². The minimum absolute atomic E-state index is 0.168. The molecule has 0 bridgehead atoms. The molecule has 2 aliphatic heterocycles. The molecular formula is C15H25N3O3. The zero-order valence-corrected chi connectivity index (χ0v) is 12.7. The predicted molar refractivity (Wildman–Crippen MR) is 77.8 cm³/mol. The van der Waals surface area contributed by atoms with Crippen molar-refractivity contribution < 1.29 is 14.3 Å². The Hall–Kier alpha value is -1.14. The number of hydrogen-bond acceptors (Lipinski definition) is 4. The molecule has 1 aliphatic carbocycles. The first-order chi connectivity index (χ1) is 10.1. The number of carbonyl (C=O) groups excluding carboxylic acids is 2. The van der Waals surface area contributed by atoms with E-state index in [1.54, 1.807) is 0 Å². The summed E-state index contributed by atoms with van der Waals surface area (Å²) in [7, 11) is 0. The lowest BCUT2D eigenvalue weighted by Gasteiger charge is -2.39. The topological polar surface area (TPSA) is 70.7 Å². The van der Waals surface area contributed by atoms with Crippen molar-refractivity contribution in [3.63, 3.8) is 0 Å². The van der Waals surface area contributed by atoms with Crippen molar-refractivity contribution in [2.75, 3.05) is 32.8 Å². The number of urea groups is 1. The third kappa shape index (κ3) is 3.37. The minimum atomic E-state index is -0.759. The quantitative estimate of drug-likeness (QED) is 0.560. The maximum Gasteiger partial charge on any atom is 0.322 e. The number of amides is 3. The van der Waals surface area contributed by atoms with E-state index in [-0.39, 0.29) is 17.9 Å². The van der Waals surface area contributed by atoms with Crippen molar-refractivity contribution in [2.24, 2.45) is 11.8 Å². The van der Waals surface area contributed by atoms with Crippen LogP contribution in [0.3, 0.4) is 0 Å². The van der Waals surface area contributed by atoms with Gasteiger partial charge in [-0.2, -0.15) is 0 Å². The van der Waals surface area contributed by atoms with Crippen molar-refractivity contribution in [1.82, 2.24) is 15.5 Å². The fourth-order valence-electron chi connectivity index (χ4n) is 3.30. The zero-order chi connectivity index (χ0) is 14.9. The molecule has 6 nitrogen and oxygen atoms in total. The summed E-state index contributed by atoms with van der Waals surface area (Å²) in [6.45, 7) is 6.30. The highest BCUT2D eigenvalue weighted by Gasteiger charge is 2.48. The van der Waals surface area contributed by atoms with Gasteiger partial charge in [-0.3, -0.25) is 10.1 Å².